The number of hydrogen-bond donors (Lipinski definition) is 2. The molecule has 6 nitrogen and oxygen atoms in total. The lowest BCUT2D eigenvalue weighted by molar-refractivity contribution is -0.130. The minimum atomic E-state index is -0.577. The van der Waals surface area contributed by atoms with Crippen molar-refractivity contribution >= 4 is 35.6 Å². The number of nitrogens with zero attached hydrogens (tertiary/aromatic N) is 1. The summed E-state index contributed by atoms with van der Waals surface area (Å²) in [7, 11) is 0. The fourth-order valence-corrected chi connectivity index (χ4v) is 3.95. The third kappa shape index (κ3) is 4.15. The Hall–Kier alpha value is -2.41. The first-order valence-corrected chi connectivity index (χ1v) is 9.72. The molecule has 2 heterocycles. The summed E-state index contributed by atoms with van der Waals surface area (Å²) in [6, 6.07) is 15.1. The fraction of sp³-hybridized carbons (Fsp3) is 0.364. The second-order valence-electron chi connectivity index (χ2n) is 7.46. The van der Waals surface area contributed by atoms with Crippen LogP contribution in [0.3, 0.4) is 0 Å². The van der Waals surface area contributed by atoms with Gasteiger partial charge in [-0.3, -0.25) is 9.59 Å². The van der Waals surface area contributed by atoms with E-state index in [1.165, 1.54) is 5.56 Å². The van der Waals surface area contributed by atoms with Crippen molar-refractivity contribution in [3.05, 3.63) is 59.7 Å². The van der Waals surface area contributed by atoms with Gasteiger partial charge >= 0.3 is 0 Å². The van der Waals surface area contributed by atoms with E-state index in [4.69, 9.17) is 10.5 Å². The number of amides is 2. The highest BCUT2D eigenvalue weighted by atomic mass is 35.5. The lowest BCUT2D eigenvalue weighted by Gasteiger charge is -2.34. The highest BCUT2D eigenvalue weighted by Crippen LogP contribution is 2.31. The van der Waals surface area contributed by atoms with Crippen LogP contribution in [0.4, 0.5) is 11.4 Å². The third-order valence-corrected chi connectivity index (χ3v) is 5.84. The van der Waals surface area contributed by atoms with E-state index >= 15 is 0 Å². The number of nitrogens with two attached hydrogens (primary N) is 1. The maximum absolute atomic E-state index is 12.9. The third-order valence-electron chi connectivity index (χ3n) is 5.84. The van der Waals surface area contributed by atoms with Gasteiger partial charge in [-0.2, -0.15) is 0 Å². The van der Waals surface area contributed by atoms with Gasteiger partial charge in [-0.25, -0.2) is 0 Å². The number of para-hydroxylation sites is 1. The van der Waals surface area contributed by atoms with Gasteiger partial charge in [0.05, 0.1) is 5.41 Å². The van der Waals surface area contributed by atoms with Crippen LogP contribution in [0.25, 0.3) is 0 Å². The van der Waals surface area contributed by atoms with Crippen molar-refractivity contribution in [2.45, 2.75) is 19.3 Å². The molecule has 0 spiro atoms. The number of rotatable bonds is 4. The molecule has 4 rings (SSSR count). The quantitative estimate of drug-likeness (QED) is 0.803. The first kappa shape index (κ1) is 21.3. The molecule has 0 saturated carbocycles. The number of anilines is 2. The van der Waals surface area contributed by atoms with E-state index in [1.54, 1.807) is 24.3 Å². The highest BCUT2D eigenvalue weighted by Gasteiger charge is 2.38. The number of halogens is 1. The van der Waals surface area contributed by atoms with Crippen LogP contribution in [0.5, 0.6) is 0 Å². The molecule has 3 N–H and O–H groups in total. The van der Waals surface area contributed by atoms with E-state index in [9.17, 15) is 9.59 Å². The Labute approximate surface area is 176 Å². The normalized spacial score (nSPS) is 17.2. The molecule has 0 bridgehead atoms. The smallest absolute Gasteiger partial charge is 0.258 e. The lowest BCUT2D eigenvalue weighted by atomic mass is 9.79. The zero-order chi connectivity index (χ0) is 19.6. The average Bonchev–Trinajstić information content (AvgIpc) is 3.18. The fourth-order valence-electron chi connectivity index (χ4n) is 3.95. The first-order valence-electron chi connectivity index (χ1n) is 9.72. The summed E-state index contributed by atoms with van der Waals surface area (Å²) < 4.78 is 5.37. The standard InChI is InChI=1S/C22H25N3O3.ClH/c23-15-22(10-13-28-14-11-22)21(27)24-18-7-5-17(6-8-18)20(26)25-12-9-16-3-1-2-4-19(16)25;/h1-8H,9-15,23H2,(H,24,27);1H. The van der Waals surface area contributed by atoms with E-state index in [1.807, 2.05) is 23.1 Å². The number of fused-ring (bicyclic) bond motifs is 1. The van der Waals surface area contributed by atoms with E-state index in [2.05, 4.69) is 11.4 Å². The molecule has 0 radical (unpaired) electrons. The van der Waals surface area contributed by atoms with Crippen LogP contribution in [0.2, 0.25) is 0 Å². The molecule has 0 aliphatic carbocycles. The summed E-state index contributed by atoms with van der Waals surface area (Å²) in [5.41, 5.74) is 8.77. The van der Waals surface area contributed by atoms with E-state index in [0.29, 0.717) is 50.4 Å². The molecule has 1 saturated heterocycles. The summed E-state index contributed by atoms with van der Waals surface area (Å²) in [5.74, 6) is -0.100. The van der Waals surface area contributed by atoms with Crippen molar-refractivity contribution in [3.8, 4) is 0 Å². The molecule has 2 aliphatic rings. The van der Waals surface area contributed by atoms with Crippen molar-refractivity contribution < 1.29 is 14.3 Å². The number of ether oxygens (including phenoxy) is 1. The van der Waals surface area contributed by atoms with Gasteiger partial charge in [0.25, 0.3) is 5.91 Å². The van der Waals surface area contributed by atoms with Gasteiger partial charge in [0.2, 0.25) is 5.91 Å². The van der Waals surface area contributed by atoms with Crippen molar-refractivity contribution in [1.29, 1.82) is 0 Å². The van der Waals surface area contributed by atoms with E-state index < -0.39 is 5.41 Å². The molecule has 0 aromatic heterocycles. The predicted molar refractivity (Wildman–Crippen MR) is 116 cm³/mol. The predicted octanol–water partition coefficient (Wildman–Crippen LogP) is 3.01. The Balaban J connectivity index is 0.00000240. The number of carbonyl (C=O) groups is 2. The maximum atomic E-state index is 12.9. The van der Waals surface area contributed by atoms with Crippen molar-refractivity contribution in [3.63, 3.8) is 0 Å². The van der Waals surface area contributed by atoms with Crippen LogP contribution in [-0.4, -0.2) is 38.1 Å². The topological polar surface area (TPSA) is 84.7 Å². The molecule has 2 amide bonds. The maximum Gasteiger partial charge on any atom is 0.258 e. The van der Waals surface area contributed by atoms with Gasteiger partial charge in [-0.15, -0.1) is 12.4 Å². The van der Waals surface area contributed by atoms with Crippen molar-refractivity contribution in [1.82, 2.24) is 0 Å². The Bertz CT molecular complexity index is 879. The van der Waals surface area contributed by atoms with Gasteiger partial charge in [0.1, 0.15) is 0 Å². The molecule has 0 unspecified atom stereocenters. The van der Waals surface area contributed by atoms with Crippen molar-refractivity contribution in [2.75, 3.05) is 36.5 Å². The molecule has 2 aromatic rings. The van der Waals surface area contributed by atoms with Crippen LogP contribution >= 0.6 is 12.4 Å². The van der Waals surface area contributed by atoms with Gasteiger partial charge < -0.3 is 20.7 Å². The van der Waals surface area contributed by atoms with Gasteiger partial charge in [-0.05, 0) is 55.2 Å². The molecule has 2 aliphatic heterocycles. The summed E-state index contributed by atoms with van der Waals surface area (Å²) >= 11 is 0. The first-order chi connectivity index (χ1) is 13.6. The minimum absolute atomic E-state index is 0. The summed E-state index contributed by atoms with van der Waals surface area (Å²) in [4.78, 5) is 27.5. The van der Waals surface area contributed by atoms with Crippen LogP contribution in [0, 0.1) is 5.41 Å². The molecule has 2 aromatic carbocycles. The number of hydrogen-bond acceptors (Lipinski definition) is 4. The zero-order valence-electron chi connectivity index (χ0n) is 16.2. The van der Waals surface area contributed by atoms with E-state index in [-0.39, 0.29) is 24.2 Å². The van der Waals surface area contributed by atoms with E-state index in [0.717, 1.165) is 12.1 Å². The lowest BCUT2D eigenvalue weighted by Crippen LogP contribution is -2.46. The zero-order valence-corrected chi connectivity index (χ0v) is 17.0. The van der Waals surface area contributed by atoms with Gasteiger partial charge in [-0.1, -0.05) is 18.2 Å². The SMILES string of the molecule is Cl.NCC1(C(=O)Nc2ccc(C(=O)N3CCc4ccccc43)cc2)CCOCC1. The number of nitrogens with one attached hydrogen (secondary N) is 1. The Morgan fingerprint density at radius 1 is 1.07 bits per heavy atom. The number of benzene rings is 2. The largest absolute Gasteiger partial charge is 0.381 e. The summed E-state index contributed by atoms with van der Waals surface area (Å²) in [5, 5.41) is 2.96. The highest BCUT2D eigenvalue weighted by molar-refractivity contribution is 6.07. The average molecular weight is 416 g/mol. The van der Waals surface area contributed by atoms with Gasteiger partial charge in [0.15, 0.2) is 0 Å². The van der Waals surface area contributed by atoms with Crippen molar-refractivity contribution in [2.24, 2.45) is 11.1 Å². The molecule has 1 fully saturated rings. The summed E-state index contributed by atoms with van der Waals surface area (Å²) in [6.45, 7) is 2.09. The Morgan fingerprint density at radius 3 is 2.45 bits per heavy atom. The van der Waals surface area contributed by atoms with Crippen LogP contribution in [0.15, 0.2) is 48.5 Å². The monoisotopic (exact) mass is 415 g/mol. The summed E-state index contributed by atoms with van der Waals surface area (Å²) in [6.07, 6.45) is 2.13. The second kappa shape index (κ2) is 8.95. The number of carbonyl (C=O) groups excluding carboxylic acids is 2. The Kier molecular flexibility index (Phi) is 6.57. The van der Waals surface area contributed by atoms with Crippen LogP contribution in [-0.2, 0) is 16.0 Å². The molecule has 0 atom stereocenters. The molecular weight excluding hydrogens is 390 g/mol. The second-order valence-corrected chi connectivity index (χ2v) is 7.46. The molecule has 154 valence electrons. The minimum Gasteiger partial charge on any atom is -0.381 e. The molecule has 29 heavy (non-hydrogen) atoms. The van der Waals surface area contributed by atoms with Crippen LogP contribution < -0.4 is 16.0 Å². The van der Waals surface area contributed by atoms with Gasteiger partial charge in [0, 0.05) is 43.2 Å². The molecular formula is C22H26ClN3O3. The van der Waals surface area contributed by atoms with Crippen LogP contribution in [0.1, 0.15) is 28.8 Å². The Morgan fingerprint density at radius 2 is 1.76 bits per heavy atom. The molecule has 7 heteroatoms.